The molecule has 0 aliphatic carbocycles. The van der Waals surface area contributed by atoms with Gasteiger partial charge in [0.2, 0.25) is 0 Å². The van der Waals surface area contributed by atoms with Crippen LogP contribution in [0.4, 0.5) is 0 Å². The molecule has 0 radical (unpaired) electrons. The van der Waals surface area contributed by atoms with Crippen molar-refractivity contribution in [1.82, 2.24) is 0 Å². The Hall–Kier alpha value is -0.220. The summed E-state index contributed by atoms with van der Waals surface area (Å²) in [4.78, 5) is 10.7. The second-order valence-electron chi connectivity index (χ2n) is 4.76. The Kier molecular flexibility index (Phi) is 5.62. The maximum absolute atomic E-state index is 10.7. The highest BCUT2D eigenvalue weighted by Gasteiger charge is 2.26. The third kappa shape index (κ3) is 5.75. The van der Waals surface area contributed by atoms with Crippen molar-refractivity contribution >= 4 is 17.7 Å². The molecule has 3 nitrogen and oxygen atoms in total. The smallest absolute Gasteiger partial charge is 0.302 e. The molecule has 0 aromatic heterocycles. The Balaban J connectivity index is 2.23. The van der Waals surface area contributed by atoms with Gasteiger partial charge in [0.1, 0.15) is 5.44 Å². The minimum Gasteiger partial charge on any atom is -0.466 e. The van der Waals surface area contributed by atoms with Crippen molar-refractivity contribution in [3.05, 3.63) is 0 Å². The van der Waals surface area contributed by atoms with Crippen molar-refractivity contribution in [2.45, 2.75) is 56.6 Å². The van der Waals surface area contributed by atoms with E-state index in [4.69, 9.17) is 9.47 Å². The van der Waals surface area contributed by atoms with Crippen molar-refractivity contribution in [1.29, 1.82) is 0 Å². The van der Waals surface area contributed by atoms with Crippen LogP contribution in [0.1, 0.15) is 46.5 Å². The number of esters is 1. The van der Waals surface area contributed by atoms with Gasteiger partial charge in [-0.25, -0.2) is 0 Å². The quantitative estimate of drug-likeness (QED) is 0.699. The number of carbonyl (C=O) groups is 1. The van der Waals surface area contributed by atoms with Crippen LogP contribution >= 0.6 is 11.8 Å². The van der Waals surface area contributed by atoms with Gasteiger partial charge < -0.3 is 9.47 Å². The molecule has 1 rings (SSSR count). The first-order valence-corrected chi connectivity index (χ1v) is 6.80. The summed E-state index contributed by atoms with van der Waals surface area (Å²) in [5.74, 6) is -0.199. The van der Waals surface area contributed by atoms with E-state index in [1.807, 2.05) is 11.8 Å². The fourth-order valence-electron chi connectivity index (χ4n) is 1.66. The molecule has 0 aromatic carbocycles. The largest absolute Gasteiger partial charge is 0.466 e. The summed E-state index contributed by atoms with van der Waals surface area (Å²) in [6.07, 6.45) is 4.46. The van der Waals surface area contributed by atoms with Crippen LogP contribution < -0.4 is 0 Å². The number of hydrogen-bond acceptors (Lipinski definition) is 4. The standard InChI is InChI=1S/C12H22O3S/c1-10(13)14-9-7-12(2,3)16-11-6-4-5-8-15-11/h11H,4-9H2,1-3H3. The summed E-state index contributed by atoms with van der Waals surface area (Å²) in [6, 6.07) is 0. The van der Waals surface area contributed by atoms with Crippen LogP contribution in [-0.4, -0.2) is 29.4 Å². The highest BCUT2D eigenvalue weighted by Crippen LogP contribution is 2.36. The van der Waals surface area contributed by atoms with Crippen molar-refractivity contribution in [2.24, 2.45) is 0 Å². The zero-order chi connectivity index (χ0) is 12.0. The van der Waals surface area contributed by atoms with Gasteiger partial charge in [0.15, 0.2) is 0 Å². The number of rotatable bonds is 5. The van der Waals surface area contributed by atoms with Gasteiger partial charge in [-0.15, -0.1) is 11.8 Å². The monoisotopic (exact) mass is 246 g/mol. The average Bonchev–Trinajstić information content (AvgIpc) is 2.17. The van der Waals surface area contributed by atoms with Gasteiger partial charge in [-0.05, 0) is 25.7 Å². The molecular formula is C12H22O3S. The third-order valence-electron chi connectivity index (χ3n) is 2.60. The molecule has 1 unspecified atom stereocenters. The van der Waals surface area contributed by atoms with Crippen LogP contribution in [0.5, 0.6) is 0 Å². The van der Waals surface area contributed by atoms with Crippen LogP contribution in [0.15, 0.2) is 0 Å². The average molecular weight is 246 g/mol. The van der Waals surface area contributed by atoms with E-state index in [1.165, 1.54) is 19.8 Å². The normalized spacial score (nSPS) is 21.8. The molecular weight excluding hydrogens is 224 g/mol. The molecule has 0 saturated carbocycles. The summed E-state index contributed by atoms with van der Waals surface area (Å²) in [7, 11) is 0. The zero-order valence-corrected chi connectivity index (χ0v) is 11.3. The van der Waals surface area contributed by atoms with Gasteiger partial charge in [-0.3, -0.25) is 4.79 Å². The lowest BCUT2D eigenvalue weighted by Crippen LogP contribution is -2.26. The van der Waals surface area contributed by atoms with Gasteiger partial charge in [0.25, 0.3) is 0 Å². The molecule has 0 N–H and O–H groups in total. The fourth-order valence-corrected chi connectivity index (χ4v) is 3.02. The van der Waals surface area contributed by atoms with E-state index in [-0.39, 0.29) is 10.7 Å². The predicted molar refractivity (Wildman–Crippen MR) is 66.5 cm³/mol. The highest BCUT2D eigenvalue weighted by atomic mass is 32.2. The fraction of sp³-hybridized carbons (Fsp3) is 0.917. The summed E-state index contributed by atoms with van der Waals surface area (Å²) >= 11 is 1.86. The second-order valence-corrected chi connectivity index (χ2v) is 6.63. The maximum Gasteiger partial charge on any atom is 0.302 e. The summed E-state index contributed by atoms with van der Waals surface area (Å²) in [5.41, 5.74) is 0.320. The van der Waals surface area contributed by atoms with Gasteiger partial charge in [0.05, 0.1) is 6.61 Å². The van der Waals surface area contributed by atoms with Crippen molar-refractivity contribution < 1.29 is 14.3 Å². The van der Waals surface area contributed by atoms with Gasteiger partial charge in [-0.1, -0.05) is 13.8 Å². The summed E-state index contributed by atoms with van der Waals surface area (Å²) in [6.45, 7) is 7.20. The Morgan fingerprint density at radius 3 is 2.81 bits per heavy atom. The Morgan fingerprint density at radius 1 is 1.50 bits per heavy atom. The SMILES string of the molecule is CC(=O)OCCC(C)(C)SC1CCCCO1. The number of hydrogen-bond donors (Lipinski definition) is 0. The minimum absolute atomic E-state index is 0.109. The predicted octanol–water partition coefficient (Wildman–Crippen LogP) is 2.98. The molecule has 1 aliphatic rings. The van der Waals surface area contributed by atoms with Crippen LogP contribution in [0.3, 0.4) is 0 Å². The number of thioether (sulfide) groups is 1. The van der Waals surface area contributed by atoms with E-state index in [0.29, 0.717) is 12.0 Å². The van der Waals surface area contributed by atoms with E-state index in [2.05, 4.69) is 13.8 Å². The van der Waals surface area contributed by atoms with E-state index < -0.39 is 0 Å². The topological polar surface area (TPSA) is 35.5 Å². The number of carbonyl (C=O) groups excluding carboxylic acids is 1. The van der Waals surface area contributed by atoms with E-state index in [0.717, 1.165) is 19.4 Å². The molecule has 1 heterocycles. The molecule has 0 spiro atoms. The van der Waals surface area contributed by atoms with E-state index >= 15 is 0 Å². The van der Waals surface area contributed by atoms with E-state index in [1.54, 1.807) is 0 Å². The first-order chi connectivity index (χ1) is 7.49. The lowest BCUT2D eigenvalue weighted by Gasteiger charge is -2.31. The first-order valence-electron chi connectivity index (χ1n) is 5.92. The molecule has 1 aliphatic heterocycles. The molecule has 1 saturated heterocycles. The van der Waals surface area contributed by atoms with E-state index in [9.17, 15) is 4.79 Å². The molecule has 16 heavy (non-hydrogen) atoms. The van der Waals surface area contributed by atoms with Gasteiger partial charge in [0, 0.05) is 18.3 Å². The second kappa shape index (κ2) is 6.50. The third-order valence-corrected chi connectivity index (χ3v) is 4.07. The first kappa shape index (κ1) is 13.8. The molecule has 0 aromatic rings. The molecule has 0 bridgehead atoms. The molecule has 0 amide bonds. The number of ether oxygens (including phenoxy) is 2. The lowest BCUT2D eigenvalue weighted by molar-refractivity contribution is -0.141. The highest BCUT2D eigenvalue weighted by molar-refractivity contribution is 8.01. The lowest BCUT2D eigenvalue weighted by atomic mass is 10.1. The van der Waals surface area contributed by atoms with Gasteiger partial charge >= 0.3 is 5.97 Å². The van der Waals surface area contributed by atoms with Gasteiger partial charge in [-0.2, -0.15) is 0 Å². The van der Waals surface area contributed by atoms with Crippen molar-refractivity contribution in [3.63, 3.8) is 0 Å². The van der Waals surface area contributed by atoms with Crippen LogP contribution in [-0.2, 0) is 14.3 Å². The minimum atomic E-state index is -0.199. The van der Waals surface area contributed by atoms with Crippen molar-refractivity contribution in [3.8, 4) is 0 Å². The summed E-state index contributed by atoms with van der Waals surface area (Å²) < 4.78 is 10.8. The molecule has 4 heteroatoms. The van der Waals surface area contributed by atoms with Crippen LogP contribution in [0, 0.1) is 0 Å². The Morgan fingerprint density at radius 2 is 2.25 bits per heavy atom. The maximum atomic E-state index is 10.7. The molecule has 1 atom stereocenters. The molecule has 94 valence electrons. The Bertz CT molecular complexity index is 222. The van der Waals surface area contributed by atoms with Crippen LogP contribution in [0.2, 0.25) is 0 Å². The van der Waals surface area contributed by atoms with Crippen LogP contribution in [0.25, 0.3) is 0 Å². The van der Waals surface area contributed by atoms with Crippen molar-refractivity contribution in [2.75, 3.05) is 13.2 Å². The molecule has 1 fully saturated rings. The zero-order valence-electron chi connectivity index (χ0n) is 10.5. The summed E-state index contributed by atoms with van der Waals surface area (Å²) in [5, 5.41) is 0. The Labute approximate surface area is 102 Å².